The van der Waals surface area contributed by atoms with Gasteiger partial charge in [0.15, 0.2) is 6.10 Å². The average Bonchev–Trinajstić information content (AvgIpc) is 2.38. The third-order valence-corrected chi connectivity index (χ3v) is 2.31. The van der Waals surface area contributed by atoms with Crippen molar-refractivity contribution in [1.82, 2.24) is 0 Å². The summed E-state index contributed by atoms with van der Waals surface area (Å²) in [5.41, 5.74) is 0.566. The van der Waals surface area contributed by atoms with Gasteiger partial charge in [0, 0.05) is 0 Å². The Labute approximate surface area is 99.3 Å². The zero-order valence-corrected chi connectivity index (χ0v) is 9.08. The van der Waals surface area contributed by atoms with E-state index in [9.17, 15) is 9.90 Å². The minimum atomic E-state index is -1.25. The van der Waals surface area contributed by atoms with E-state index in [0.29, 0.717) is 11.3 Å². The Hall–Kier alpha value is -2.29. The molecule has 0 fully saturated rings. The minimum absolute atomic E-state index is 0.505. The number of carbonyl (C=O) groups excluding carboxylic acids is 1. The Morgan fingerprint density at radius 3 is 2.00 bits per heavy atom. The van der Waals surface area contributed by atoms with E-state index in [2.05, 4.69) is 0 Å². The van der Waals surface area contributed by atoms with Crippen LogP contribution in [0.25, 0.3) is 0 Å². The molecular formula is C14H11O3-. The first-order valence-electron chi connectivity index (χ1n) is 5.25. The largest absolute Gasteiger partial charge is 0.546 e. The molecule has 17 heavy (non-hydrogen) atoms. The standard InChI is InChI=1S/C14H12O3/c15-14(16)13(11-7-3-1-4-8-11)17-12-9-5-2-6-10-12/h1-10,13H,(H,15,16)/p-1. The summed E-state index contributed by atoms with van der Waals surface area (Å²) in [6.45, 7) is 0. The molecule has 0 aliphatic heterocycles. The highest BCUT2D eigenvalue weighted by molar-refractivity contribution is 5.72. The number of rotatable bonds is 4. The van der Waals surface area contributed by atoms with Crippen molar-refractivity contribution < 1.29 is 14.6 Å². The number of hydrogen-bond donors (Lipinski definition) is 0. The highest BCUT2D eigenvalue weighted by Crippen LogP contribution is 2.20. The van der Waals surface area contributed by atoms with Crippen molar-refractivity contribution in [2.45, 2.75) is 6.10 Å². The van der Waals surface area contributed by atoms with Crippen LogP contribution in [0.4, 0.5) is 0 Å². The van der Waals surface area contributed by atoms with Crippen molar-refractivity contribution in [2.24, 2.45) is 0 Å². The fraction of sp³-hybridized carbons (Fsp3) is 0.0714. The maximum atomic E-state index is 11.1. The maximum absolute atomic E-state index is 11.1. The second-order valence-corrected chi connectivity index (χ2v) is 3.54. The molecule has 1 atom stereocenters. The van der Waals surface area contributed by atoms with Gasteiger partial charge in [0.2, 0.25) is 0 Å². The lowest BCUT2D eigenvalue weighted by atomic mass is 10.1. The van der Waals surface area contributed by atoms with Gasteiger partial charge in [-0.1, -0.05) is 48.5 Å². The van der Waals surface area contributed by atoms with E-state index in [-0.39, 0.29) is 0 Å². The zero-order valence-electron chi connectivity index (χ0n) is 9.08. The molecule has 0 bridgehead atoms. The molecule has 0 heterocycles. The van der Waals surface area contributed by atoms with Crippen LogP contribution in [-0.2, 0) is 4.79 Å². The van der Waals surface area contributed by atoms with Crippen LogP contribution in [0.5, 0.6) is 5.75 Å². The number of ether oxygens (including phenoxy) is 1. The lowest BCUT2D eigenvalue weighted by Gasteiger charge is -2.20. The Balaban J connectivity index is 2.23. The van der Waals surface area contributed by atoms with Gasteiger partial charge in [-0.25, -0.2) is 0 Å². The lowest BCUT2D eigenvalue weighted by Crippen LogP contribution is -2.33. The minimum Gasteiger partial charge on any atom is -0.546 e. The Kier molecular flexibility index (Phi) is 3.40. The molecule has 0 amide bonds. The fourth-order valence-corrected chi connectivity index (χ4v) is 1.52. The van der Waals surface area contributed by atoms with Crippen LogP contribution in [0.15, 0.2) is 60.7 Å². The van der Waals surface area contributed by atoms with Crippen molar-refractivity contribution in [3.8, 4) is 5.75 Å². The maximum Gasteiger partial charge on any atom is 0.163 e. The van der Waals surface area contributed by atoms with Gasteiger partial charge in [-0.2, -0.15) is 0 Å². The van der Waals surface area contributed by atoms with Crippen LogP contribution in [0.2, 0.25) is 0 Å². The molecular weight excluding hydrogens is 216 g/mol. The summed E-state index contributed by atoms with van der Waals surface area (Å²) in [6, 6.07) is 17.6. The zero-order chi connectivity index (χ0) is 12.1. The highest BCUT2D eigenvalue weighted by atomic mass is 16.5. The van der Waals surface area contributed by atoms with E-state index in [1.807, 2.05) is 12.1 Å². The van der Waals surface area contributed by atoms with E-state index in [1.54, 1.807) is 48.5 Å². The number of para-hydroxylation sites is 1. The summed E-state index contributed by atoms with van der Waals surface area (Å²) < 4.78 is 5.40. The third-order valence-electron chi connectivity index (χ3n) is 2.31. The molecule has 0 aliphatic rings. The topological polar surface area (TPSA) is 49.4 Å². The number of carboxylic acid groups (broad SMARTS) is 1. The monoisotopic (exact) mass is 227 g/mol. The number of carboxylic acids is 1. The van der Waals surface area contributed by atoms with Gasteiger partial charge in [0.25, 0.3) is 0 Å². The third kappa shape index (κ3) is 2.84. The van der Waals surface area contributed by atoms with Crippen molar-refractivity contribution in [3.05, 3.63) is 66.2 Å². The second kappa shape index (κ2) is 5.16. The number of carbonyl (C=O) groups is 1. The molecule has 1 unspecified atom stereocenters. The summed E-state index contributed by atoms with van der Waals surface area (Å²) in [6.07, 6.45) is -1.08. The molecule has 0 aliphatic carbocycles. The molecule has 0 N–H and O–H groups in total. The molecule has 0 spiro atoms. The Bertz CT molecular complexity index is 479. The first-order valence-corrected chi connectivity index (χ1v) is 5.25. The van der Waals surface area contributed by atoms with E-state index < -0.39 is 12.1 Å². The summed E-state index contributed by atoms with van der Waals surface area (Å²) in [4.78, 5) is 11.1. The molecule has 0 saturated heterocycles. The number of aliphatic carboxylic acids is 1. The van der Waals surface area contributed by atoms with Crippen LogP contribution >= 0.6 is 0 Å². The summed E-state index contributed by atoms with van der Waals surface area (Å²) >= 11 is 0. The van der Waals surface area contributed by atoms with Crippen LogP contribution in [0.1, 0.15) is 11.7 Å². The molecule has 0 saturated carbocycles. The Morgan fingerprint density at radius 1 is 0.941 bits per heavy atom. The summed E-state index contributed by atoms with van der Waals surface area (Å²) in [5, 5.41) is 11.1. The van der Waals surface area contributed by atoms with Gasteiger partial charge < -0.3 is 14.6 Å². The summed E-state index contributed by atoms with van der Waals surface area (Å²) in [5.74, 6) is -0.745. The molecule has 0 radical (unpaired) electrons. The van der Waals surface area contributed by atoms with Gasteiger partial charge in [-0.15, -0.1) is 0 Å². The van der Waals surface area contributed by atoms with Gasteiger partial charge in [0.05, 0.1) is 5.97 Å². The number of benzene rings is 2. The van der Waals surface area contributed by atoms with Crippen molar-refractivity contribution in [2.75, 3.05) is 0 Å². The van der Waals surface area contributed by atoms with Gasteiger partial charge in [-0.05, 0) is 17.7 Å². The van der Waals surface area contributed by atoms with E-state index in [0.717, 1.165) is 0 Å². The SMILES string of the molecule is O=C([O-])C(Oc1ccccc1)c1ccccc1. The predicted octanol–water partition coefficient (Wildman–Crippen LogP) is 1.56. The molecule has 2 aromatic carbocycles. The van der Waals surface area contributed by atoms with E-state index >= 15 is 0 Å². The quantitative estimate of drug-likeness (QED) is 0.796. The molecule has 86 valence electrons. The van der Waals surface area contributed by atoms with Gasteiger partial charge in [0.1, 0.15) is 5.75 Å². The van der Waals surface area contributed by atoms with Gasteiger partial charge in [-0.3, -0.25) is 0 Å². The number of hydrogen-bond acceptors (Lipinski definition) is 3. The van der Waals surface area contributed by atoms with Crippen molar-refractivity contribution in [3.63, 3.8) is 0 Å². The molecule has 2 rings (SSSR count). The van der Waals surface area contributed by atoms with E-state index in [4.69, 9.17) is 4.74 Å². The lowest BCUT2D eigenvalue weighted by molar-refractivity contribution is -0.314. The normalized spacial score (nSPS) is 11.8. The first kappa shape index (κ1) is 11.2. The predicted molar refractivity (Wildman–Crippen MR) is 61.3 cm³/mol. The molecule has 2 aromatic rings. The Morgan fingerprint density at radius 2 is 1.47 bits per heavy atom. The van der Waals surface area contributed by atoms with Crippen molar-refractivity contribution in [1.29, 1.82) is 0 Å². The first-order chi connectivity index (χ1) is 8.27. The fourth-order valence-electron chi connectivity index (χ4n) is 1.52. The van der Waals surface area contributed by atoms with Crippen molar-refractivity contribution >= 4 is 5.97 Å². The van der Waals surface area contributed by atoms with Crippen LogP contribution in [0, 0.1) is 0 Å². The smallest absolute Gasteiger partial charge is 0.163 e. The molecule has 0 aromatic heterocycles. The second-order valence-electron chi connectivity index (χ2n) is 3.54. The molecule has 3 heteroatoms. The van der Waals surface area contributed by atoms with Gasteiger partial charge >= 0.3 is 0 Å². The van der Waals surface area contributed by atoms with Crippen LogP contribution in [0.3, 0.4) is 0 Å². The molecule has 3 nitrogen and oxygen atoms in total. The van der Waals surface area contributed by atoms with Crippen LogP contribution in [-0.4, -0.2) is 5.97 Å². The summed E-state index contributed by atoms with van der Waals surface area (Å²) in [7, 11) is 0. The van der Waals surface area contributed by atoms with E-state index in [1.165, 1.54) is 0 Å². The average molecular weight is 227 g/mol. The highest BCUT2D eigenvalue weighted by Gasteiger charge is 2.13. The van der Waals surface area contributed by atoms with Crippen LogP contribution < -0.4 is 9.84 Å².